The van der Waals surface area contributed by atoms with E-state index in [0.29, 0.717) is 19.4 Å². The van der Waals surface area contributed by atoms with Gasteiger partial charge in [-0.2, -0.15) is 0 Å². The Morgan fingerprint density at radius 2 is 2.21 bits per heavy atom. The lowest BCUT2D eigenvalue weighted by atomic mass is 9.82. The molecule has 0 bridgehead atoms. The molecule has 1 fully saturated rings. The van der Waals surface area contributed by atoms with E-state index in [-0.39, 0.29) is 0 Å². The molecule has 0 saturated heterocycles. The lowest BCUT2D eigenvalue weighted by Crippen LogP contribution is -2.39. The molecule has 0 spiro atoms. The van der Waals surface area contributed by atoms with Crippen LogP contribution in [0.4, 0.5) is 9.52 Å². The Balaban J connectivity index is 1.91. The van der Waals surface area contributed by atoms with Crippen LogP contribution in [0.5, 0.6) is 0 Å². The zero-order valence-electron chi connectivity index (χ0n) is 8.56. The van der Waals surface area contributed by atoms with Gasteiger partial charge >= 0.3 is 0 Å². The van der Waals surface area contributed by atoms with Crippen LogP contribution in [-0.2, 0) is 0 Å². The van der Waals surface area contributed by atoms with E-state index in [9.17, 15) is 4.39 Å². The van der Waals surface area contributed by atoms with E-state index in [0.717, 1.165) is 17.2 Å². The Kier molecular flexibility index (Phi) is 2.47. The number of nitrogens with zero attached hydrogens (tertiary/aromatic N) is 1. The molecule has 2 rings (SSSR count). The monoisotopic (exact) mass is 214 g/mol. The molecule has 1 N–H and O–H groups in total. The molecule has 0 atom stereocenters. The normalized spacial score (nSPS) is 19.1. The summed E-state index contributed by atoms with van der Waals surface area (Å²) in [6.45, 7) is 4.43. The fraction of sp³-hybridized carbons (Fsp3) is 0.700. The third kappa shape index (κ3) is 1.90. The van der Waals surface area contributed by atoms with E-state index in [1.54, 1.807) is 11.3 Å². The summed E-state index contributed by atoms with van der Waals surface area (Å²) in [5, 5.41) is 3.93. The second-order valence-electron chi connectivity index (χ2n) is 4.02. The summed E-state index contributed by atoms with van der Waals surface area (Å²) < 4.78 is 13.6. The van der Waals surface area contributed by atoms with Crippen LogP contribution in [0, 0.1) is 13.8 Å². The zero-order chi connectivity index (χ0) is 10.2. The molecule has 4 heteroatoms. The number of thiazole rings is 1. The predicted octanol–water partition coefficient (Wildman–Crippen LogP) is 3.06. The van der Waals surface area contributed by atoms with Gasteiger partial charge in [0, 0.05) is 4.88 Å². The molecule has 1 aliphatic carbocycles. The fourth-order valence-corrected chi connectivity index (χ4v) is 2.33. The number of hydrogen-bond donors (Lipinski definition) is 1. The number of alkyl halides is 1. The van der Waals surface area contributed by atoms with Gasteiger partial charge in [-0.3, -0.25) is 0 Å². The summed E-state index contributed by atoms with van der Waals surface area (Å²) in [5.74, 6) is 0. The van der Waals surface area contributed by atoms with Crippen molar-refractivity contribution >= 4 is 16.5 Å². The lowest BCUT2D eigenvalue weighted by molar-refractivity contribution is 0.0784. The molecule has 78 valence electrons. The van der Waals surface area contributed by atoms with Crippen LogP contribution in [0.3, 0.4) is 0 Å². The molecule has 0 unspecified atom stereocenters. The van der Waals surface area contributed by atoms with Gasteiger partial charge in [0.25, 0.3) is 0 Å². The number of anilines is 1. The van der Waals surface area contributed by atoms with Crippen molar-refractivity contribution in [1.82, 2.24) is 4.98 Å². The summed E-state index contributed by atoms with van der Waals surface area (Å²) in [4.78, 5) is 5.52. The minimum absolute atomic E-state index is 0.416. The molecule has 0 amide bonds. The summed E-state index contributed by atoms with van der Waals surface area (Å²) in [5.41, 5.74) is 0.0760. The zero-order valence-corrected chi connectivity index (χ0v) is 9.38. The first kappa shape index (κ1) is 9.90. The smallest absolute Gasteiger partial charge is 0.183 e. The maximum absolute atomic E-state index is 13.6. The number of aromatic nitrogens is 1. The number of halogens is 1. The van der Waals surface area contributed by atoms with E-state index in [4.69, 9.17) is 0 Å². The highest BCUT2D eigenvalue weighted by Crippen LogP contribution is 2.36. The second-order valence-corrected chi connectivity index (χ2v) is 5.22. The minimum atomic E-state index is -0.965. The first-order valence-corrected chi connectivity index (χ1v) is 5.78. The second kappa shape index (κ2) is 3.50. The number of hydrogen-bond acceptors (Lipinski definition) is 3. The van der Waals surface area contributed by atoms with Gasteiger partial charge in [0.1, 0.15) is 5.67 Å². The molecule has 14 heavy (non-hydrogen) atoms. The van der Waals surface area contributed by atoms with Crippen LogP contribution in [-0.4, -0.2) is 17.2 Å². The molecule has 2 nitrogen and oxygen atoms in total. The topological polar surface area (TPSA) is 24.9 Å². The van der Waals surface area contributed by atoms with Crippen LogP contribution in [0.25, 0.3) is 0 Å². The molecule has 1 aromatic rings. The summed E-state index contributed by atoms with van der Waals surface area (Å²) >= 11 is 1.60. The Morgan fingerprint density at radius 3 is 2.64 bits per heavy atom. The number of rotatable bonds is 3. The standard InChI is InChI=1S/C10H15FN2S/c1-7-8(2)14-9(13-7)12-6-10(11)4-3-5-10/h3-6H2,1-2H3,(H,12,13). The molecule has 0 aliphatic heterocycles. The molecule has 1 aromatic heterocycles. The molecule has 0 radical (unpaired) electrons. The van der Waals surface area contributed by atoms with Crippen molar-refractivity contribution in [2.45, 2.75) is 38.8 Å². The molecular formula is C10H15FN2S. The van der Waals surface area contributed by atoms with Crippen molar-refractivity contribution in [2.24, 2.45) is 0 Å². The van der Waals surface area contributed by atoms with Crippen LogP contribution in [0.2, 0.25) is 0 Å². The Bertz CT molecular complexity index is 311. The minimum Gasteiger partial charge on any atom is -0.358 e. The van der Waals surface area contributed by atoms with Crippen molar-refractivity contribution in [3.63, 3.8) is 0 Å². The third-order valence-electron chi connectivity index (χ3n) is 2.83. The van der Waals surface area contributed by atoms with Crippen molar-refractivity contribution in [2.75, 3.05) is 11.9 Å². The highest BCUT2D eigenvalue weighted by Gasteiger charge is 2.36. The average Bonchev–Trinajstić information content (AvgIpc) is 2.40. The van der Waals surface area contributed by atoms with E-state index < -0.39 is 5.67 Å². The average molecular weight is 214 g/mol. The van der Waals surface area contributed by atoms with Gasteiger partial charge in [0.2, 0.25) is 0 Å². The molecule has 1 aliphatic rings. The predicted molar refractivity (Wildman–Crippen MR) is 57.8 cm³/mol. The van der Waals surface area contributed by atoms with Gasteiger partial charge < -0.3 is 5.32 Å². The first-order chi connectivity index (χ1) is 6.59. The van der Waals surface area contributed by atoms with Gasteiger partial charge in [0.15, 0.2) is 5.13 Å². The van der Waals surface area contributed by atoms with E-state index >= 15 is 0 Å². The van der Waals surface area contributed by atoms with E-state index in [1.807, 2.05) is 13.8 Å². The maximum Gasteiger partial charge on any atom is 0.183 e. The Labute approximate surface area is 87.6 Å². The maximum atomic E-state index is 13.6. The number of nitrogens with one attached hydrogen (secondary N) is 1. The third-order valence-corrected chi connectivity index (χ3v) is 3.87. The summed E-state index contributed by atoms with van der Waals surface area (Å²) in [7, 11) is 0. The molecule has 0 aromatic carbocycles. The molecular weight excluding hydrogens is 199 g/mol. The lowest BCUT2D eigenvalue weighted by Gasteiger charge is -2.33. The van der Waals surface area contributed by atoms with Crippen molar-refractivity contribution in [3.8, 4) is 0 Å². The van der Waals surface area contributed by atoms with Crippen LogP contribution < -0.4 is 5.32 Å². The molecule has 1 saturated carbocycles. The van der Waals surface area contributed by atoms with Crippen LogP contribution in [0.1, 0.15) is 29.8 Å². The van der Waals surface area contributed by atoms with E-state index in [2.05, 4.69) is 10.3 Å². The highest BCUT2D eigenvalue weighted by atomic mass is 32.1. The number of aryl methyl sites for hydroxylation is 2. The van der Waals surface area contributed by atoms with Gasteiger partial charge in [-0.15, -0.1) is 11.3 Å². The van der Waals surface area contributed by atoms with Crippen LogP contribution in [0.15, 0.2) is 0 Å². The largest absolute Gasteiger partial charge is 0.358 e. The van der Waals surface area contributed by atoms with Crippen molar-refractivity contribution in [3.05, 3.63) is 10.6 Å². The van der Waals surface area contributed by atoms with E-state index in [1.165, 1.54) is 4.88 Å². The Hall–Kier alpha value is -0.640. The van der Waals surface area contributed by atoms with Gasteiger partial charge in [-0.25, -0.2) is 9.37 Å². The van der Waals surface area contributed by atoms with Gasteiger partial charge in [-0.05, 0) is 33.1 Å². The SMILES string of the molecule is Cc1nc(NCC2(F)CCC2)sc1C. The summed E-state index contributed by atoms with van der Waals surface area (Å²) in [6.07, 6.45) is 2.42. The fourth-order valence-electron chi connectivity index (χ4n) is 1.52. The first-order valence-electron chi connectivity index (χ1n) is 4.96. The van der Waals surface area contributed by atoms with Gasteiger partial charge in [-0.1, -0.05) is 0 Å². The van der Waals surface area contributed by atoms with Gasteiger partial charge in [0.05, 0.1) is 12.2 Å². The van der Waals surface area contributed by atoms with Crippen molar-refractivity contribution in [1.29, 1.82) is 0 Å². The summed E-state index contributed by atoms with van der Waals surface area (Å²) in [6, 6.07) is 0. The Morgan fingerprint density at radius 1 is 1.50 bits per heavy atom. The highest BCUT2D eigenvalue weighted by molar-refractivity contribution is 7.15. The molecule has 1 heterocycles. The van der Waals surface area contributed by atoms with Crippen LogP contribution >= 0.6 is 11.3 Å². The quantitative estimate of drug-likeness (QED) is 0.836. The van der Waals surface area contributed by atoms with Crippen molar-refractivity contribution < 1.29 is 4.39 Å².